The summed E-state index contributed by atoms with van der Waals surface area (Å²) in [6.07, 6.45) is -1.10. The van der Waals surface area contributed by atoms with E-state index >= 15 is 0 Å². The topological polar surface area (TPSA) is 102 Å². The number of ether oxygens (including phenoxy) is 1. The van der Waals surface area contributed by atoms with Gasteiger partial charge in [0.25, 0.3) is 5.91 Å². The average molecular weight is 410 g/mol. The lowest BCUT2D eigenvalue weighted by molar-refractivity contribution is -0.153. The maximum Gasteiger partial charge on any atom is 0.307 e. The second kappa shape index (κ2) is 10.3. The Kier molecular flexibility index (Phi) is 7.86. The van der Waals surface area contributed by atoms with Crippen LogP contribution >= 0.6 is 0 Å². The minimum atomic E-state index is -1.01. The van der Waals surface area contributed by atoms with E-state index in [1.807, 2.05) is 19.9 Å². The molecular weight excluding hydrogens is 384 g/mol. The van der Waals surface area contributed by atoms with Gasteiger partial charge in [-0.15, -0.1) is 0 Å². The van der Waals surface area contributed by atoms with E-state index in [-0.39, 0.29) is 24.5 Å². The number of benzene rings is 2. The van der Waals surface area contributed by atoms with Crippen molar-refractivity contribution in [2.24, 2.45) is 0 Å². The summed E-state index contributed by atoms with van der Waals surface area (Å²) in [5.41, 5.74) is 3.77. The number of aryl methyl sites for hydroxylation is 2. The molecule has 7 nitrogen and oxygen atoms in total. The lowest BCUT2D eigenvalue weighted by Gasteiger charge is -2.14. The van der Waals surface area contributed by atoms with Crippen molar-refractivity contribution < 1.29 is 23.9 Å². The average Bonchev–Trinajstić information content (AvgIpc) is 2.69. The Morgan fingerprint density at radius 3 is 2.03 bits per heavy atom. The van der Waals surface area contributed by atoms with Gasteiger partial charge in [0.1, 0.15) is 0 Å². The summed E-state index contributed by atoms with van der Waals surface area (Å²) < 4.78 is 5.13. The van der Waals surface area contributed by atoms with Gasteiger partial charge in [0.2, 0.25) is 5.91 Å². The largest absolute Gasteiger partial charge is 0.453 e. The highest BCUT2D eigenvalue weighted by Gasteiger charge is 2.19. The fourth-order valence-corrected chi connectivity index (χ4v) is 2.67. The number of ketones is 1. The van der Waals surface area contributed by atoms with E-state index in [1.165, 1.54) is 13.8 Å². The lowest BCUT2D eigenvalue weighted by atomic mass is 10.0. The highest BCUT2D eigenvalue weighted by Crippen LogP contribution is 2.15. The van der Waals surface area contributed by atoms with Crippen molar-refractivity contribution in [3.8, 4) is 0 Å². The molecule has 2 aromatic carbocycles. The molecule has 1 atom stereocenters. The van der Waals surface area contributed by atoms with Crippen molar-refractivity contribution >= 4 is 34.9 Å². The molecule has 0 aliphatic carbocycles. The summed E-state index contributed by atoms with van der Waals surface area (Å²) in [7, 11) is 0. The first-order valence-corrected chi connectivity index (χ1v) is 9.64. The van der Waals surface area contributed by atoms with Crippen LogP contribution < -0.4 is 10.6 Å². The van der Waals surface area contributed by atoms with Crippen LogP contribution in [-0.2, 0) is 19.1 Å². The zero-order chi connectivity index (χ0) is 22.3. The first-order chi connectivity index (χ1) is 14.2. The van der Waals surface area contributed by atoms with E-state index in [0.29, 0.717) is 16.9 Å². The summed E-state index contributed by atoms with van der Waals surface area (Å²) in [5.74, 6) is -1.44. The van der Waals surface area contributed by atoms with Crippen molar-refractivity contribution in [1.29, 1.82) is 0 Å². The quantitative estimate of drug-likeness (QED) is 0.509. The van der Waals surface area contributed by atoms with Crippen LogP contribution in [0.25, 0.3) is 0 Å². The summed E-state index contributed by atoms with van der Waals surface area (Å²) in [6, 6.07) is 12.0. The molecule has 0 unspecified atom stereocenters. The Morgan fingerprint density at radius 1 is 0.867 bits per heavy atom. The number of amides is 2. The summed E-state index contributed by atoms with van der Waals surface area (Å²) in [4.78, 5) is 47.5. The molecule has 0 spiro atoms. The third kappa shape index (κ3) is 6.84. The minimum Gasteiger partial charge on any atom is -0.453 e. The van der Waals surface area contributed by atoms with Gasteiger partial charge in [0.05, 0.1) is 6.42 Å². The molecule has 0 aromatic heterocycles. The molecular formula is C23H26N2O5. The van der Waals surface area contributed by atoms with E-state index in [0.717, 1.165) is 11.1 Å². The van der Waals surface area contributed by atoms with Crippen LogP contribution in [0, 0.1) is 13.8 Å². The summed E-state index contributed by atoms with van der Waals surface area (Å²) in [5, 5.41) is 5.26. The number of rotatable bonds is 8. The summed E-state index contributed by atoms with van der Waals surface area (Å²) >= 11 is 0. The van der Waals surface area contributed by atoms with Gasteiger partial charge < -0.3 is 15.4 Å². The molecule has 0 radical (unpaired) electrons. The minimum absolute atomic E-state index is 0.0142. The summed E-state index contributed by atoms with van der Waals surface area (Å²) in [6.45, 7) is 6.75. The molecule has 0 bridgehead atoms. The SMILES string of the molecule is CC(=O)Nc1ccc(NC(=O)[C@H](C)OC(=O)CCC(=O)c2ccc(C)c(C)c2)cc1. The molecule has 2 amide bonds. The van der Waals surface area contributed by atoms with Gasteiger partial charge in [0, 0.05) is 30.3 Å². The number of Topliss-reactive ketones (excluding diaryl/α,β-unsaturated/α-hetero) is 1. The van der Waals surface area contributed by atoms with Gasteiger partial charge in [-0.05, 0) is 62.2 Å². The smallest absolute Gasteiger partial charge is 0.307 e. The van der Waals surface area contributed by atoms with E-state index in [9.17, 15) is 19.2 Å². The zero-order valence-corrected chi connectivity index (χ0v) is 17.6. The van der Waals surface area contributed by atoms with E-state index in [1.54, 1.807) is 36.4 Å². The van der Waals surface area contributed by atoms with Crippen LogP contribution in [0.2, 0.25) is 0 Å². The molecule has 0 fully saturated rings. The Labute approximate surface area is 175 Å². The molecule has 2 rings (SSSR count). The maximum atomic E-state index is 12.3. The first-order valence-electron chi connectivity index (χ1n) is 9.64. The second-order valence-corrected chi connectivity index (χ2v) is 7.10. The van der Waals surface area contributed by atoms with Crippen LogP contribution in [0.15, 0.2) is 42.5 Å². The maximum absolute atomic E-state index is 12.3. The number of hydrogen-bond acceptors (Lipinski definition) is 5. The van der Waals surface area contributed by atoms with Crippen LogP contribution in [0.4, 0.5) is 11.4 Å². The second-order valence-electron chi connectivity index (χ2n) is 7.10. The van der Waals surface area contributed by atoms with Gasteiger partial charge in [-0.3, -0.25) is 19.2 Å². The van der Waals surface area contributed by atoms with Crippen molar-refractivity contribution in [2.45, 2.75) is 46.6 Å². The first kappa shape index (κ1) is 22.8. The third-order valence-corrected chi connectivity index (χ3v) is 4.54. The van der Waals surface area contributed by atoms with Crippen LogP contribution in [0.5, 0.6) is 0 Å². The zero-order valence-electron chi connectivity index (χ0n) is 17.6. The number of hydrogen-bond donors (Lipinski definition) is 2. The molecule has 0 heterocycles. The number of esters is 1. The Hall–Kier alpha value is -3.48. The van der Waals surface area contributed by atoms with E-state index in [4.69, 9.17) is 4.74 Å². The van der Waals surface area contributed by atoms with Crippen molar-refractivity contribution in [1.82, 2.24) is 0 Å². The Bertz CT molecular complexity index is 951. The molecule has 0 saturated heterocycles. The molecule has 0 saturated carbocycles. The van der Waals surface area contributed by atoms with Crippen LogP contribution in [0.1, 0.15) is 48.2 Å². The highest BCUT2D eigenvalue weighted by atomic mass is 16.5. The van der Waals surface area contributed by atoms with Gasteiger partial charge in [-0.2, -0.15) is 0 Å². The lowest BCUT2D eigenvalue weighted by Crippen LogP contribution is -2.30. The number of anilines is 2. The fourth-order valence-electron chi connectivity index (χ4n) is 2.67. The number of carbonyl (C=O) groups is 4. The van der Waals surface area contributed by atoms with E-state index < -0.39 is 18.0 Å². The predicted octanol–water partition coefficient (Wildman–Crippen LogP) is 3.80. The van der Waals surface area contributed by atoms with Crippen LogP contribution in [-0.4, -0.2) is 29.7 Å². The van der Waals surface area contributed by atoms with Gasteiger partial charge in [0.15, 0.2) is 11.9 Å². The van der Waals surface area contributed by atoms with Gasteiger partial charge in [-0.25, -0.2) is 0 Å². The van der Waals surface area contributed by atoms with Crippen molar-refractivity contribution in [2.75, 3.05) is 10.6 Å². The molecule has 0 aliphatic rings. The highest BCUT2D eigenvalue weighted by molar-refractivity contribution is 5.98. The molecule has 0 aliphatic heterocycles. The Balaban J connectivity index is 1.81. The number of nitrogens with one attached hydrogen (secondary N) is 2. The Morgan fingerprint density at radius 2 is 1.47 bits per heavy atom. The molecule has 2 aromatic rings. The van der Waals surface area contributed by atoms with Gasteiger partial charge >= 0.3 is 5.97 Å². The monoisotopic (exact) mass is 410 g/mol. The molecule has 7 heteroatoms. The third-order valence-electron chi connectivity index (χ3n) is 4.54. The molecule has 158 valence electrons. The van der Waals surface area contributed by atoms with Crippen LogP contribution in [0.3, 0.4) is 0 Å². The van der Waals surface area contributed by atoms with Crippen molar-refractivity contribution in [3.05, 3.63) is 59.2 Å². The fraction of sp³-hybridized carbons (Fsp3) is 0.304. The van der Waals surface area contributed by atoms with Gasteiger partial charge in [-0.1, -0.05) is 12.1 Å². The molecule has 2 N–H and O–H groups in total. The molecule has 30 heavy (non-hydrogen) atoms. The predicted molar refractivity (Wildman–Crippen MR) is 114 cm³/mol. The normalized spacial score (nSPS) is 11.3. The van der Waals surface area contributed by atoms with Crippen molar-refractivity contribution in [3.63, 3.8) is 0 Å². The van der Waals surface area contributed by atoms with E-state index in [2.05, 4.69) is 10.6 Å². The standard InChI is InChI=1S/C23H26N2O5/c1-14-5-6-18(13-15(14)2)21(27)11-12-22(28)30-16(3)23(29)25-20-9-7-19(8-10-20)24-17(4)26/h5-10,13,16H,11-12H2,1-4H3,(H,24,26)(H,25,29)/t16-/m0/s1. The number of carbonyl (C=O) groups excluding carboxylic acids is 4.